The van der Waals surface area contributed by atoms with Crippen LogP contribution >= 0.6 is 15.9 Å². The zero-order valence-corrected chi connectivity index (χ0v) is 15.4. The topological polar surface area (TPSA) is 68.8 Å². The molecule has 24 heavy (non-hydrogen) atoms. The summed E-state index contributed by atoms with van der Waals surface area (Å²) in [6.45, 7) is 1.38. The normalized spacial score (nSPS) is 22.0. The van der Waals surface area contributed by atoms with Gasteiger partial charge < -0.3 is 24.8 Å². The minimum absolute atomic E-state index is 0.0881. The molecule has 6 nitrogen and oxygen atoms in total. The number of hydrogen-bond donors (Lipinski definition) is 2. The summed E-state index contributed by atoms with van der Waals surface area (Å²) in [5.74, 6) is -0.390. The van der Waals surface area contributed by atoms with Gasteiger partial charge in [-0.2, -0.15) is 0 Å². The molecule has 7 heteroatoms. The molecule has 2 aliphatic rings. The van der Waals surface area contributed by atoms with Crippen molar-refractivity contribution in [2.75, 3.05) is 25.6 Å². The third-order valence-corrected chi connectivity index (χ3v) is 5.17. The van der Waals surface area contributed by atoms with Crippen LogP contribution in [-0.2, 0) is 20.8 Å². The van der Waals surface area contributed by atoms with Gasteiger partial charge in [0, 0.05) is 42.2 Å². The number of rotatable bonds is 5. The van der Waals surface area contributed by atoms with Gasteiger partial charge >= 0.3 is 6.03 Å². The van der Waals surface area contributed by atoms with E-state index in [1.807, 2.05) is 18.2 Å². The summed E-state index contributed by atoms with van der Waals surface area (Å²) in [6, 6.07) is 5.38. The molecule has 0 aromatic heterocycles. The van der Waals surface area contributed by atoms with E-state index < -0.39 is 5.79 Å². The van der Waals surface area contributed by atoms with Gasteiger partial charge in [-0.05, 0) is 25.0 Å². The highest BCUT2D eigenvalue weighted by molar-refractivity contribution is 9.10. The Bertz CT molecular complexity index is 590. The van der Waals surface area contributed by atoms with Crippen molar-refractivity contribution in [3.8, 4) is 0 Å². The largest absolute Gasteiger partial charge is 0.380 e. The zero-order valence-electron chi connectivity index (χ0n) is 13.8. The highest BCUT2D eigenvalue weighted by Crippen LogP contribution is 2.39. The van der Waals surface area contributed by atoms with Gasteiger partial charge in [-0.25, -0.2) is 4.79 Å². The van der Waals surface area contributed by atoms with Crippen LogP contribution in [0.25, 0.3) is 0 Å². The second-order valence-corrected chi connectivity index (χ2v) is 7.06. The van der Waals surface area contributed by atoms with Crippen LogP contribution < -0.4 is 10.6 Å². The minimum Gasteiger partial charge on any atom is -0.380 e. The van der Waals surface area contributed by atoms with E-state index in [2.05, 4.69) is 26.6 Å². The maximum Gasteiger partial charge on any atom is 0.319 e. The first-order valence-electron chi connectivity index (χ1n) is 8.25. The first kappa shape index (κ1) is 17.7. The quantitative estimate of drug-likeness (QED) is 0.797. The van der Waals surface area contributed by atoms with Gasteiger partial charge in [0.1, 0.15) is 6.10 Å². The lowest BCUT2D eigenvalue weighted by atomic mass is 10.2. The summed E-state index contributed by atoms with van der Waals surface area (Å²) >= 11 is 3.48. The van der Waals surface area contributed by atoms with Crippen molar-refractivity contribution in [2.24, 2.45) is 0 Å². The van der Waals surface area contributed by atoms with Crippen LogP contribution in [-0.4, -0.2) is 38.2 Å². The molecular weight excluding hydrogens is 376 g/mol. The molecule has 0 radical (unpaired) electrons. The lowest BCUT2D eigenvalue weighted by Crippen LogP contribution is -2.37. The highest BCUT2D eigenvalue weighted by atomic mass is 79.9. The number of nitrogens with one attached hydrogen (secondary N) is 2. The van der Waals surface area contributed by atoms with Crippen molar-refractivity contribution in [1.82, 2.24) is 5.32 Å². The molecule has 1 atom stereocenters. The Morgan fingerprint density at radius 3 is 2.96 bits per heavy atom. The molecule has 3 rings (SSSR count). The second-order valence-electron chi connectivity index (χ2n) is 6.20. The molecule has 1 aromatic rings. The molecule has 2 N–H and O–H groups in total. The Labute approximate surface area is 150 Å². The van der Waals surface area contributed by atoms with Gasteiger partial charge in [0.2, 0.25) is 0 Å². The fourth-order valence-corrected chi connectivity index (χ4v) is 3.71. The fraction of sp³-hybridized carbons (Fsp3) is 0.588. The van der Waals surface area contributed by atoms with Crippen molar-refractivity contribution < 1.29 is 19.0 Å². The molecule has 1 spiro atoms. The molecule has 132 valence electrons. The molecular formula is C17H23BrN2O4. The van der Waals surface area contributed by atoms with Crippen LogP contribution in [0.3, 0.4) is 0 Å². The van der Waals surface area contributed by atoms with Crippen LogP contribution in [0.1, 0.15) is 31.2 Å². The standard InChI is InChI=1S/C17H23BrN2O4/c1-22-11-13-14(18)5-4-6-15(13)20-16(21)19-9-12-10-23-17(24-12)7-2-3-8-17/h4-6,12H,2-3,7-11H2,1H3,(H2,19,20,21). The monoisotopic (exact) mass is 398 g/mol. The Morgan fingerprint density at radius 2 is 2.21 bits per heavy atom. The maximum absolute atomic E-state index is 12.2. The Morgan fingerprint density at radius 1 is 1.42 bits per heavy atom. The summed E-state index contributed by atoms with van der Waals surface area (Å²) in [4.78, 5) is 12.2. The van der Waals surface area contributed by atoms with E-state index in [0.29, 0.717) is 19.8 Å². The number of ether oxygens (including phenoxy) is 3. The average molecular weight is 399 g/mol. The average Bonchev–Trinajstić information content (AvgIpc) is 3.19. The van der Waals surface area contributed by atoms with Crippen molar-refractivity contribution in [3.63, 3.8) is 0 Å². The number of benzene rings is 1. The number of carbonyl (C=O) groups excluding carboxylic acids is 1. The second kappa shape index (κ2) is 7.82. The van der Waals surface area contributed by atoms with E-state index in [-0.39, 0.29) is 12.1 Å². The molecule has 1 heterocycles. The van der Waals surface area contributed by atoms with Crippen molar-refractivity contribution in [1.29, 1.82) is 0 Å². The fourth-order valence-electron chi connectivity index (χ4n) is 3.23. The summed E-state index contributed by atoms with van der Waals surface area (Å²) in [5.41, 5.74) is 1.63. The van der Waals surface area contributed by atoms with Gasteiger partial charge in [-0.3, -0.25) is 0 Å². The molecule has 1 aliphatic heterocycles. The number of hydrogen-bond acceptors (Lipinski definition) is 4. The van der Waals surface area contributed by atoms with Gasteiger partial charge in [0.15, 0.2) is 5.79 Å². The van der Waals surface area contributed by atoms with Gasteiger partial charge in [0.25, 0.3) is 0 Å². The third kappa shape index (κ3) is 4.08. The van der Waals surface area contributed by atoms with Crippen LogP contribution in [0.15, 0.2) is 22.7 Å². The summed E-state index contributed by atoms with van der Waals surface area (Å²) in [7, 11) is 1.62. The Balaban J connectivity index is 1.51. The van der Waals surface area contributed by atoms with Crippen LogP contribution in [0, 0.1) is 0 Å². The zero-order chi connectivity index (χ0) is 17.0. The molecule has 0 bridgehead atoms. The molecule has 1 aromatic carbocycles. The molecule has 2 fully saturated rings. The molecule has 1 saturated carbocycles. The van der Waals surface area contributed by atoms with Crippen molar-refractivity contribution in [2.45, 2.75) is 44.2 Å². The number of methoxy groups -OCH3 is 1. The predicted octanol–water partition coefficient (Wildman–Crippen LogP) is 3.40. The lowest BCUT2D eigenvalue weighted by molar-refractivity contribution is -0.160. The van der Waals surface area contributed by atoms with E-state index >= 15 is 0 Å². The number of carbonyl (C=O) groups is 1. The Kier molecular flexibility index (Phi) is 5.76. The highest BCUT2D eigenvalue weighted by Gasteiger charge is 2.43. The predicted molar refractivity (Wildman–Crippen MR) is 93.9 cm³/mol. The van der Waals surface area contributed by atoms with Crippen LogP contribution in [0.5, 0.6) is 0 Å². The summed E-state index contributed by atoms with van der Waals surface area (Å²) < 4.78 is 17.9. The molecule has 1 saturated heterocycles. The minimum atomic E-state index is -0.390. The van der Waals surface area contributed by atoms with E-state index in [1.54, 1.807) is 7.11 Å². The molecule has 2 amide bonds. The van der Waals surface area contributed by atoms with E-state index in [4.69, 9.17) is 14.2 Å². The van der Waals surface area contributed by atoms with Gasteiger partial charge in [-0.1, -0.05) is 22.0 Å². The third-order valence-electron chi connectivity index (χ3n) is 4.43. The van der Waals surface area contributed by atoms with Crippen molar-refractivity contribution >= 4 is 27.6 Å². The summed E-state index contributed by atoms with van der Waals surface area (Å²) in [5, 5.41) is 5.72. The maximum atomic E-state index is 12.2. The van der Waals surface area contributed by atoms with E-state index in [9.17, 15) is 4.79 Å². The SMILES string of the molecule is COCc1c(Br)cccc1NC(=O)NCC1COC2(CCCC2)O1. The number of urea groups is 1. The molecule has 1 unspecified atom stereocenters. The summed E-state index contributed by atoms with van der Waals surface area (Å²) in [6.07, 6.45) is 4.11. The number of halogens is 1. The van der Waals surface area contributed by atoms with E-state index in [0.717, 1.165) is 41.4 Å². The molecule has 1 aliphatic carbocycles. The number of amides is 2. The lowest BCUT2D eigenvalue weighted by Gasteiger charge is -2.22. The van der Waals surface area contributed by atoms with Crippen LogP contribution in [0.4, 0.5) is 10.5 Å². The van der Waals surface area contributed by atoms with Gasteiger partial charge in [-0.15, -0.1) is 0 Å². The number of anilines is 1. The van der Waals surface area contributed by atoms with Crippen molar-refractivity contribution in [3.05, 3.63) is 28.2 Å². The van der Waals surface area contributed by atoms with Crippen LogP contribution in [0.2, 0.25) is 0 Å². The first-order chi connectivity index (χ1) is 11.6. The first-order valence-corrected chi connectivity index (χ1v) is 9.04. The van der Waals surface area contributed by atoms with Gasteiger partial charge in [0.05, 0.1) is 13.2 Å². The van der Waals surface area contributed by atoms with E-state index in [1.165, 1.54) is 0 Å². The smallest absolute Gasteiger partial charge is 0.319 e. The Hall–Kier alpha value is -1.15.